The van der Waals surface area contributed by atoms with Crippen LogP contribution >= 0.6 is 11.6 Å². The molecule has 1 aromatic heterocycles. The minimum absolute atomic E-state index is 0.118. The first-order chi connectivity index (χ1) is 9.28. The molecule has 4 nitrogen and oxygen atoms in total. The van der Waals surface area contributed by atoms with E-state index in [-0.39, 0.29) is 12.6 Å². The Labute approximate surface area is 117 Å². The van der Waals surface area contributed by atoms with Gasteiger partial charge in [-0.25, -0.2) is 0 Å². The van der Waals surface area contributed by atoms with E-state index in [1.165, 1.54) is 0 Å². The zero-order valence-corrected chi connectivity index (χ0v) is 11.3. The van der Waals surface area contributed by atoms with Crippen molar-refractivity contribution < 1.29 is 5.11 Å². The van der Waals surface area contributed by atoms with Gasteiger partial charge in [-0.1, -0.05) is 23.7 Å². The third-order valence-electron chi connectivity index (χ3n) is 3.60. The molecule has 0 bridgehead atoms. The number of hydrogen-bond acceptors (Lipinski definition) is 3. The van der Waals surface area contributed by atoms with Crippen LogP contribution in [-0.2, 0) is 12.8 Å². The number of halogens is 1. The average Bonchev–Trinajstić information content (AvgIpc) is 2.82. The zero-order valence-electron chi connectivity index (χ0n) is 10.6. The summed E-state index contributed by atoms with van der Waals surface area (Å²) in [5, 5.41) is 18.7. The maximum atomic E-state index is 9.49. The van der Waals surface area contributed by atoms with Crippen LogP contribution in [0.15, 0.2) is 24.3 Å². The molecule has 0 saturated carbocycles. The van der Waals surface area contributed by atoms with E-state index < -0.39 is 0 Å². The monoisotopic (exact) mass is 277 g/mol. The molecule has 0 fully saturated rings. The number of hydrogen-bond donors (Lipinski definition) is 1. The predicted octanol–water partition coefficient (Wildman–Crippen LogP) is 2.39. The van der Waals surface area contributed by atoms with Gasteiger partial charge in [-0.05, 0) is 30.5 Å². The standard InChI is InChI=1S/C14H16ClN3O/c15-11-4-1-3-10(7-11)8-14-17-16-13-6-2-5-12(9-19)18(13)14/h1,3-4,7,12,19H,2,5-6,8-9H2. The number of aliphatic hydroxyl groups is 1. The highest BCUT2D eigenvalue weighted by molar-refractivity contribution is 6.30. The van der Waals surface area contributed by atoms with Crippen LogP contribution in [0.4, 0.5) is 0 Å². The maximum absolute atomic E-state index is 9.49. The molecule has 5 heteroatoms. The summed E-state index contributed by atoms with van der Waals surface area (Å²) in [7, 11) is 0. The van der Waals surface area contributed by atoms with Gasteiger partial charge in [0, 0.05) is 17.9 Å². The minimum Gasteiger partial charge on any atom is -0.394 e. The van der Waals surface area contributed by atoms with Crippen molar-refractivity contribution in [2.24, 2.45) is 0 Å². The van der Waals surface area contributed by atoms with Crippen molar-refractivity contribution in [3.8, 4) is 0 Å². The Morgan fingerprint density at radius 2 is 2.26 bits per heavy atom. The van der Waals surface area contributed by atoms with Crippen molar-refractivity contribution in [2.45, 2.75) is 31.7 Å². The normalized spacial score (nSPS) is 18.3. The number of aliphatic hydroxyl groups excluding tert-OH is 1. The van der Waals surface area contributed by atoms with Crippen molar-refractivity contribution in [1.82, 2.24) is 14.8 Å². The Balaban J connectivity index is 1.92. The van der Waals surface area contributed by atoms with Crippen molar-refractivity contribution in [3.05, 3.63) is 46.5 Å². The summed E-state index contributed by atoms with van der Waals surface area (Å²) >= 11 is 6.00. The Morgan fingerprint density at radius 1 is 1.37 bits per heavy atom. The fraction of sp³-hybridized carbons (Fsp3) is 0.429. The van der Waals surface area contributed by atoms with Gasteiger partial charge < -0.3 is 9.67 Å². The number of aryl methyl sites for hydroxylation is 1. The first-order valence-electron chi connectivity index (χ1n) is 6.56. The lowest BCUT2D eigenvalue weighted by Crippen LogP contribution is -2.23. The van der Waals surface area contributed by atoms with Gasteiger partial charge in [-0.3, -0.25) is 0 Å². The van der Waals surface area contributed by atoms with Crippen LogP contribution in [0.2, 0.25) is 5.02 Å². The van der Waals surface area contributed by atoms with E-state index >= 15 is 0 Å². The van der Waals surface area contributed by atoms with E-state index in [0.29, 0.717) is 6.42 Å². The van der Waals surface area contributed by atoms with E-state index in [2.05, 4.69) is 14.8 Å². The molecule has 0 aliphatic carbocycles. The van der Waals surface area contributed by atoms with Gasteiger partial charge in [-0.15, -0.1) is 10.2 Å². The largest absolute Gasteiger partial charge is 0.394 e. The molecule has 0 amide bonds. The molecule has 1 unspecified atom stereocenters. The molecule has 1 N–H and O–H groups in total. The average molecular weight is 278 g/mol. The molecular formula is C14H16ClN3O. The highest BCUT2D eigenvalue weighted by Gasteiger charge is 2.23. The molecule has 1 atom stereocenters. The summed E-state index contributed by atoms with van der Waals surface area (Å²) in [6.45, 7) is 0.146. The second-order valence-corrected chi connectivity index (χ2v) is 5.37. The lowest BCUT2D eigenvalue weighted by atomic mass is 10.0. The summed E-state index contributed by atoms with van der Waals surface area (Å²) in [6.07, 6.45) is 3.70. The van der Waals surface area contributed by atoms with E-state index in [1.54, 1.807) is 0 Å². The molecule has 2 heterocycles. The van der Waals surface area contributed by atoms with Crippen molar-refractivity contribution in [2.75, 3.05) is 6.61 Å². The van der Waals surface area contributed by atoms with Gasteiger partial charge in [0.1, 0.15) is 11.6 Å². The first-order valence-corrected chi connectivity index (χ1v) is 6.93. The smallest absolute Gasteiger partial charge is 0.137 e. The summed E-state index contributed by atoms with van der Waals surface area (Å²) in [6, 6.07) is 7.90. The molecule has 3 rings (SSSR count). The highest BCUT2D eigenvalue weighted by Crippen LogP contribution is 2.26. The fourth-order valence-corrected chi connectivity index (χ4v) is 2.91. The molecular weight excluding hydrogens is 262 g/mol. The van der Waals surface area contributed by atoms with E-state index in [4.69, 9.17) is 11.6 Å². The molecule has 19 heavy (non-hydrogen) atoms. The Hall–Kier alpha value is -1.39. The van der Waals surface area contributed by atoms with Gasteiger partial charge >= 0.3 is 0 Å². The second kappa shape index (κ2) is 5.31. The lowest BCUT2D eigenvalue weighted by Gasteiger charge is -2.24. The number of nitrogens with zero attached hydrogens (tertiary/aromatic N) is 3. The lowest BCUT2D eigenvalue weighted by molar-refractivity contribution is 0.203. The second-order valence-electron chi connectivity index (χ2n) is 4.94. The Kier molecular flexibility index (Phi) is 3.53. The predicted molar refractivity (Wildman–Crippen MR) is 73.3 cm³/mol. The van der Waals surface area contributed by atoms with Crippen LogP contribution in [0.1, 0.15) is 36.1 Å². The van der Waals surface area contributed by atoms with Crippen LogP contribution in [0.25, 0.3) is 0 Å². The quantitative estimate of drug-likeness (QED) is 0.937. The number of fused-ring (bicyclic) bond motifs is 1. The molecule has 1 aromatic carbocycles. The summed E-state index contributed by atoms with van der Waals surface area (Å²) in [4.78, 5) is 0. The molecule has 1 aliphatic heterocycles. The minimum atomic E-state index is 0.118. The van der Waals surface area contributed by atoms with E-state index in [0.717, 1.165) is 41.5 Å². The summed E-state index contributed by atoms with van der Waals surface area (Å²) < 4.78 is 2.10. The SMILES string of the molecule is OCC1CCCc2nnc(Cc3cccc(Cl)c3)n21. The third-order valence-corrected chi connectivity index (χ3v) is 3.84. The van der Waals surface area contributed by atoms with Gasteiger partial charge in [0.25, 0.3) is 0 Å². The van der Waals surface area contributed by atoms with Crippen LogP contribution < -0.4 is 0 Å². The van der Waals surface area contributed by atoms with Gasteiger partial charge in [0.2, 0.25) is 0 Å². The number of aromatic nitrogens is 3. The Morgan fingerprint density at radius 3 is 3.05 bits per heavy atom. The van der Waals surface area contributed by atoms with Gasteiger partial charge in [0.15, 0.2) is 0 Å². The van der Waals surface area contributed by atoms with Crippen molar-refractivity contribution in [3.63, 3.8) is 0 Å². The highest BCUT2D eigenvalue weighted by atomic mass is 35.5. The summed E-state index contributed by atoms with van der Waals surface area (Å²) in [5.74, 6) is 1.90. The van der Waals surface area contributed by atoms with E-state index in [1.807, 2.05) is 24.3 Å². The fourth-order valence-electron chi connectivity index (χ4n) is 2.70. The molecule has 100 valence electrons. The van der Waals surface area contributed by atoms with Gasteiger partial charge in [-0.2, -0.15) is 0 Å². The Bertz CT molecular complexity index is 582. The van der Waals surface area contributed by atoms with Crippen molar-refractivity contribution in [1.29, 1.82) is 0 Å². The van der Waals surface area contributed by atoms with Crippen LogP contribution in [0, 0.1) is 0 Å². The first kappa shape index (κ1) is 12.6. The topological polar surface area (TPSA) is 50.9 Å². The van der Waals surface area contributed by atoms with Crippen LogP contribution in [0.5, 0.6) is 0 Å². The van der Waals surface area contributed by atoms with Gasteiger partial charge in [0.05, 0.1) is 12.6 Å². The number of rotatable bonds is 3. The van der Waals surface area contributed by atoms with Crippen LogP contribution in [0.3, 0.4) is 0 Å². The maximum Gasteiger partial charge on any atom is 0.137 e. The van der Waals surface area contributed by atoms with Crippen molar-refractivity contribution >= 4 is 11.6 Å². The van der Waals surface area contributed by atoms with E-state index in [9.17, 15) is 5.11 Å². The van der Waals surface area contributed by atoms with Crippen LogP contribution in [-0.4, -0.2) is 26.5 Å². The number of benzene rings is 1. The zero-order chi connectivity index (χ0) is 13.2. The molecule has 0 spiro atoms. The summed E-state index contributed by atoms with van der Waals surface area (Å²) in [5.41, 5.74) is 1.12. The molecule has 1 aliphatic rings. The third kappa shape index (κ3) is 2.51. The molecule has 0 radical (unpaired) electrons. The molecule has 0 saturated heterocycles. The molecule has 2 aromatic rings.